The quantitative estimate of drug-likeness (QED) is 0.613. The lowest BCUT2D eigenvalue weighted by Gasteiger charge is -2.23. The summed E-state index contributed by atoms with van der Waals surface area (Å²) in [6, 6.07) is 14.1. The van der Waals surface area contributed by atoms with Gasteiger partial charge in [0, 0.05) is 5.56 Å². The summed E-state index contributed by atoms with van der Waals surface area (Å²) in [6.07, 6.45) is 0. The van der Waals surface area contributed by atoms with Gasteiger partial charge in [0.25, 0.3) is 5.91 Å². The van der Waals surface area contributed by atoms with Crippen molar-refractivity contribution in [2.75, 3.05) is 0 Å². The maximum absolute atomic E-state index is 12.7. The van der Waals surface area contributed by atoms with Crippen LogP contribution in [0.2, 0.25) is 0 Å². The van der Waals surface area contributed by atoms with Crippen LogP contribution >= 0.6 is 0 Å². The molecule has 0 bridgehead atoms. The zero-order valence-corrected chi connectivity index (χ0v) is 16.6. The molecule has 0 spiro atoms. The number of carbonyl (C=O) groups excluding carboxylic acids is 2. The Kier molecular flexibility index (Phi) is 5.78. The molecule has 1 aromatic heterocycles. The molecule has 2 atom stereocenters. The summed E-state index contributed by atoms with van der Waals surface area (Å²) in [7, 11) is 0. The second-order valence-corrected chi connectivity index (χ2v) is 7.43. The first kappa shape index (κ1) is 19.6. The Morgan fingerprint density at radius 1 is 1.00 bits per heavy atom. The topological polar surface area (TPSA) is 86.9 Å². The van der Waals surface area contributed by atoms with Crippen LogP contribution in [0.4, 0.5) is 0 Å². The maximum Gasteiger partial charge on any atom is 0.251 e. The number of aromatic nitrogens is 2. The van der Waals surface area contributed by atoms with E-state index in [0.29, 0.717) is 11.4 Å². The predicted octanol–water partition coefficient (Wildman–Crippen LogP) is 3.50. The summed E-state index contributed by atoms with van der Waals surface area (Å²) in [5.41, 5.74) is 3.32. The van der Waals surface area contributed by atoms with Crippen LogP contribution in [0.25, 0.3) is 11.0 Å². The highest BCUT2D eigenvalue weighted by atomic mass is 16.2. The molecule has 0 saturated carbocycles. The molecule has 0 aliphatic rings. The van der Waals surface area contributed by atoms with E-state index in [1.54, 1.807) is 19.1 Å². The number of rotatable bonds is 6. The fraction of sp³-hybridized carbons (Fsp3) is 0.318. The van der Waals surface area contributed by atoms with E-state index < -0.39 is 6.04 Å². The monoisotopic (exact) mass is 378 g/mol. The lowest BCUT2D eigenvalue weighted by Crippen LogP contribution is -2.46. The fourth-order valence-corrected chi connectivity index (χ4v) is 3.08. The number of fused-ring (bicyclic) bond motifs is 1. The van der Waals surface area contributed by atoms with Gasteiger partial charge in [-0.05, 0) is 44.0 Å². The van der Waals surface area contributed by atoms with Crippen molar-refractivity contribution < 1.29 is 9.59 Å². The van der Waals surface area contributed by atoms with Gasteiger partial charge in [0.15, 0.2) is 0 Å². The summed E-state index contributed by atoms with van der Waals surface area (Å²) in [4.78, 5) is 33.0. The molecule has 146 valence electrons. The minimum atomic E-state index is -0.668. The van der Waals surface area contributed by atoms with Crippen LogP contribution in [-0.2, 0) is 4.79 Å². The average Bonchev–Trinajstić information content (AvgIpc) is 3.09. The van der Waals surface area contributed by atoms with Crippen LogP contribution in [0.15, 0.2) is 48.5 Å². The number of benzene rings is 2. The smallest absolute Gasteiger partial charge is 0.251 e. The lowest BCUT2D eigenvalue weighted by molar-refractivity contribution is -0.123. The van der Waals surface area contributed by atoms with Crippen LogP contribution in [0.3, 0.4) is 0 Å². The van der Waals surface area contributed by atoms with E-state index in [1.807, 2.05) is 57.2 Å². The van der Waals surface area contributed by atoms with Gasteiger partial charge in [0.2, 0.25) is 5.91 Å². The van der Waals surface area contributed by atoms with Crippen LogP contribution < -0.4 is 10.6 Å². The van der Waals surface area contributed by atoms with Crippen LogP contribution in [0.5, 0.6) is 0 Å². The number of nitrogens with one attached hydrogen (secondary N) is 3. The van der Waals surface area contributed by atoms with Gasteiger partial charge in [-0.25, -0.2) is 4.98 Å². The van der Waals surface area contributed by atoms with Crippen LogP contribution in [0.1, 0.15) is 48.6 Å². The number of H-pyrrole nitrogens is 1. The first-order chi connectivity index (χ1) is 13.3. The minimum Gasteiger partial charge on any atom is -0.344 e. The summed E-state index contributed by atoms with van der Waals surface area (Å²) in [6.45, 7) is 7.65. The molecular weight excluding hydrogens is 352 g/mol. The summed E-state index contributed by atoms with van der Waals surface area (Å²) in [5, 5.41) is 5.78. The van der Waals surface area contributed by atoms with Crippen LogP contribution in [0, 0.1) is 12.8 Å². The van der Waals surface area contributed by atoms with Gasteiger partial charge in [-0.1, -0.05) is 43.7 Å². The predicted molar refractivity (Wildman–Crippen MR) is 110 cm³/mol. The van der Waals surface area contributed by atoms with Crippen molar-refractivity contribution in [3.63, 3.8) is 0 Å². The van der Waals surface area contributed by atoms with Gasteiger partial charge in [-0.15, -0.1) is 0 Å². The number of aromatic amines is 1. The van der Waals surface area contributed by atoms with Crippen molar-refractivity contribution in [2.45, 2.75) is 39.8 Å². The Bertz CT molecular complexity index is 960. The largest absolute Gasteiger partial charge is 0.344 e. The van der Waals surface area contributed by atoms with Crippen molar-refractivity contribution in [1.29, 1.82) is 0 Å². The SMILES string of the molecule is Cc1cccc(C(=O)N[C@@H](C)C(=O)N[C@H](c2nc3ccccc3[nH]2)C(C)C)c1. The molecule has 3 rings (SSSR count). The van der Waals surface area contributed by atoms with Crippen molar-refractivity contribution in [3.8, 4) is 0 Å². The molecule has 0 unspecified atom stereocenters. The number of carbonyl (C=O) groups is 2. The third-order valence-corrected chi connectivity index (χ3v) is 4.69. The molecule has 0 aliphatic heterocycles. The molecule has 3 aromatic rings. The second kappa shape index (κ2) is 8.25. The second-order valence-electron chi connectivity index (χ2n) is 7.43. The van der Waals surface area contributed by atoms with Gasteiger partial charge in [-0.2, -0.15) is 0 Å². The number of nitrogens with zero attached hydrogens (tertiary/aromatic N) is 1. The van der Waals surface area contributed by atoms with E-state index in [0.717, 1.165) is 16.6 Å². The minimum absolute atomic E-state index is 0.129. The number of hydrogen-bond donors (Lipinski definition) is 3. The third-order valence-electron chi connectivity index (χ3n) is 4.69. The summed E-state index contributed by atoms with van der Waals surface area (Å²) < 4.78 is 0. The molecule has 0 aliphatic carbocycles. The molecule has 6 nitrogen and oxygen atoms in total. The Morgan fingerprint density at radius 2 is 1.75 bits per heavy atom. The molecular formula is C22H26N4O2. The molecule has 0 fully saturated rings. The third kappa shape index (κ3) is 4.39. The van der Waals surface area contributed by atoms with E-state index in [4.69, 9.17) is 0 Å². The molecule has 2 aromatic carbocycles. The van der Waals surface area contributed by atoms with E-state index in [9.17, 15) is 9.59 Å². The fourth-order valence-electron chi connectivity index (χ4n) is 3.08. The number of hydrogen-bond acceptors (Lipinski definition) is 3. The average molecular weight is 378 g/mol. The Labute approximate surface area is 164 Å². The Balaban J connectivity index is 1.70. The first-order valence-electron chi connectivity index (χ1n) is 9.47. The highest BCUT2D eigenvalue weighted by molar-refractivity contribution is 5.97. The number of imidazole rings is 1. The molecule has 0 radical (unpaired) electrons. The van der Waals surface area contributed by atoms with Crippen molar-refractivity contribution >= 4 is 22.8 Å². The van der Waals surface area contributed by atoms with Crippen LogP contribution in [-0.4, -0.2) is 27.8 Å². The van der Waals surface area contributed by atoms with Gasteiger partial charge in [0.05, 0.1) is 17.1 Å². The summed E-state index contributed by atoms with van der Waals surface area (Å²) in [5.74, 6) is 0.322. The van der Waals surface area contributed by atoms with E-state index in [2.05, 4.69) is 20.6 Å². The number of amides is 2. The van der Waals surface area contributed by atoms with E-state index in [1.165, 1.54) is 0 Å². The van der Waals surface area contributed by atoms with Gasteiger partial charge >= 0.3 is 0 Å². The Hall–Kier alpha value is -3.15. The lowest BCUT2D eigenvalue weighted by atomic mass is 10.0. The summed E-state index contributed by atoms with van der Waals surface area (Å²) >= 11 is 0. The molecule has 1 heterocycles. The number of aryl methyl sites for hydroxylation is 1. The molecule has 6 heteroatoms. The maximum atomic E-state index is 12.7. The van der Waals surface area contributed by atoms with Gasteiger partial charge in [-0.3, -0.25) is 9.59 Å². The highest BCUT2D eigenvalue weighted by Crippen LogP contribution is 2.22. The zero-order valence-electron chi connectivity index (χ0n) is 16.6. The molecule has 0 saturated heterocycles. The Morgan fingerprint density at radius 3 is 2.43 bits per heavy atom. The molecule has 28 heavy (non-hydrogen) atoms. The number of para-hydroxylation sites is 2. The normalized spacial score (nSPS) is 13.3. The van der Waals surface area contributed by atoms with Crippen molar-refractivity contribution in [1.82, 2.24) is 20.6 Å². The van der Waals surface area contributed by atoms with Crippen molar-refractivity contribution in [3.05, 3.63) is 65.5 Å². The first-order valence-corrected chi connectivity index (χ1v) is 9.47. The van der Waals surface area contributed by atoms with E-state index >= 15 is 0 Å². The zero-order chi connectivity index (χ0) is 20.3. The highest BCUT2D eigenvalue weighted by Gasteiger charge is 2.25. The molecule has 2 amide bonds. The molecule has 3 N–H and O–H groups in total. The van der Waals surface area contributed by atoms with E-state index in [-0.39, 0.29) is 23.8 Å². The van der Waals surface area contributed by atoms with Crippen molar-refractivity contribution in [2.24, 2.45) is 5.92 Å². The standard InChI is InChI=1S/C22H26N4O2/c1-13(2)19(20-24-17-10-5-6-11-18(17)25-20)26-21(27)15(4)23-22(28)16-9-7-8-14(3)12-16/h5-13,15,19H,1-4H3,(H,23,28)(H,24,25)(H,26,27)/t15-,19-/m0/s1. The van der Waals surface area contributed by atoms with Gasteiger partial charge < -0.3 is 15.6 Å². The van der Waals surface area contributed by atoms with Gasteiger partial charge in [0.1, 0.15) is 11.9 Å².